The third-order valence-corrected chi connectivity index (χ3v) is 13.2. The number of morpholine rings is 1. The minimum absolute atomic E-state index is 0.0422. The summed E-state index contributed by atoms with van der Waals surface area (Å²) in [6, 6.07) is 12.0. The first-order valence-electron chi connectivity index (χ1n) is 19.0. The Hall–Kier alpha value is -4.50. The summed E-state index contributed by atoms with van der Waals surface area (Å²) in [6.45, 7) is 2.66. The third kappa shape index (κ3) is 6.63. The van der Waals surface area contributed by atoms with Crippen molar-refractivity contribution in [2.24, 2.45) is 7.05 Å². The zero-order valence-corrected chi connectivity index (χ0v) is 32.3. The van der Waals surface area contributed by atoms with Crippen LogP contribution in [0.25, 0.3) is 33.8 Å². The lowest BCUT2D eigenvalue weighted by Gasteiger charge is -2.25. The highest BCUT2D eigenvalue weighted by Gasteiger charge is 2.34. The van der Waals surface area contributed by atoms with Crippen LogP contribution >= 0.6 is 0 Å². The number of ether oxygens (including phenoxy) is 2. The number of nitrogens with zero attached hydrogens (tertiary/aromatic N) is 6. The van der Waals surface area contributed by atoms with Gasteiger partial charge < -0.3 is 23.8 Å². The Morgan fingerprint density at radius 3 is 2.48 bits per heavy atom. The van der Waals surface area contributed by atoms with E-state index in [0.29, 0.717) is 37.2 Å². The van der Waals surface area contributed by atoms with E-state index in [1.165, 1.54) is 16.3 Å². The standard InChI is InChI=1S/C40H49N7O6S/c1-43(2)30-14-15-45(25-30)40(49)34-23-41-44(3)37(34)29-20-28-21-31(52-4)11-13-32(28)38-36(26-8-6-5-7-9-26)33-12-10-27(22-35(33)47(38)24-29)39(48)42-54(50,51)46-16-18-53-19-17-46/h10-13,20-23,26,30H,5-9,14-19,24-25H2,1-4H3,(H,42,48). The van der Waals surface area contributed by atoms with Gasteiger partial charge in [-0.25, -0.2) is 4.72 Å². The quantitative estimate of drug-likeness (QED) is 0.273. The molecule has 1 aliphatic carbocycles. The number of hydrogen-bond donors (Lipinski definition) is 1. The maximum absolute atomic E-state index is 14.2. The van der Waals surface area contributed by atoms with Crippen molar-refractivity contribution in [3.8, 4) is 17.0 Å². The van der Waals surface area contributed by atoms with E-state index >= 15 is 0 Å². The van der Waals surface area contributed by atoms with Gasteiger partial charge in [0.05, 0.1) is 50.0 Å². The topological polar surface area (TPSA) is 131 Å². The van der Waals surface area contributed by atoms with E-state index in [1.54, 1.807) is 24.1 Å². The summed E-state index contributed by atoms with van der Waals surface area (Å²) in [7, 11) is 3.57. The molecule has 1 saturated carbocycles. The number of likely N-dealkylation sites (tertiary alicyclic amines) is 1. The van der Waals surface area contributed by atoms with Crippen molar-refractivity contribution in [3.05, 3.63) is 70.5 Å². The van der Waals surface area contributed by atoms with Gasteiger partial charge >= 0.3 is 10.2 Å². The summed E-state index contributed by atoms with van der Waals surface area (Å²) in [5.41, 5.74) is 7.58. The first kappa shape index (κ1) is 36.5. The van der Waals surface area contributed by atoms with Crippen LogP contribution in [0.3, 0.4) is 0 Å². The molecule has 1 unspecified atom stereocenters. The molecule has 2 amide bonds. The Morgan fingerprint density at radius 1 is 0.981 bits per heavy atom. The van der Waals surface area contributed by atoms with Gasteiger partial charge in [-0.05, 0) is 92.4 Å². The number of allylic oxidation sites excluding steroid dienone is 1. The molecule has 2 saturated heterocycles. The summed E-state index contributed by atoms with van der Waals surface area (Å²) in [6.07, 6.45) is 10.3. The Labute approximate surface area is 316 Å². The number of carbonyl (C=O) groups excluding carboxylic acids is 2. The van der Waals surface area contributed by atoms with Gasteiger partial charge in [-0.1, -0.05) is 25.3 Å². The van der Waals surface area contributed by atoms with Crippen LogP contribution in [0.5, 0.6) is 5.75 Å². The van der Waals surface area contributed by atoms with Crippen molar-refractivity contribution in [3.63, 3.8) is 0 Å². The van der Waals surface area contributed by atoms with Crippen molar-refractivity contribution in [2.75, 3.05) is 60.6 Å². The average molecular weight is 756 g/mol. The number of aromatic nitrogens is 3. The summed E-state index contributed by atoms with van der Waals surface area (Å²) in [5.74, 6) is 0.305. The van der Waals surface area contributed by atoms with Crippen LogP contribution in [0, 0.1) is 0 Å². The molecular formula is C40H49N7O6S. The van der Waals surface area contributed by atoms with E-state index in [0.717, 1.165) is 76.8 Å². The van der Waals surface area contributed by atoms with Crippen molar-refractivity contribution >= 4 is 44.6 Å². The summed E-state index contributed by atoms with van der Waals surface area (Å²) in [4.78, 5) is 32.1. The Bertz CT molecular complexity index is 2240. The fourth-order valence-electron chi connectivity index (χ4n) is 8.85. The lowest BCUT2D eigenvalue weighted by molar-refractivity contribution is 0.0719. The lowest BCUT2D eigenvalue weighted by Crippen LogP contribution is -2.48. The van der Waals surface area contributed by atoms with Crippen LogP contribution < -0.4 is 9.46 Å². The summed E-state index contributed by atoms with van der Waals surface area (Å²) in [5, 5.41) is 5.67. The van der Waals surface area contributed by atoms with Crippen LogP contribution in [-0.4, -0.2) is 115 Å². The predicted octanol–water partition coefficient (Wildman–Crippen LogP) is 4.74. The minimum atomic E-state index is -4.06. The molecule has 0 spiro atoms. The van der Waals surface area contributed by atoms with Gasteiger partial charge in [0.25, 0.3) is 11.8 Å². The smallest absolute Gasteiger partial charge is 0.304 e. The third-order valence-electron chi connectivity index (χ3n) is 11.7. The first-order chi connectivity index (χ1) is 26.0. The number of carbonyl (C=O) groups is 2. The molecule has 286 valence electrons. The zero-order valence-electron chi connectivity index (χ0n) is 31.5. The molecule has 54 heavy (non-hydrogen) atoms. The Balaban J connectivity index is 1.28. The number of fused-ring (bicyclic) bond motifs is 5. The monoisotopic (exact) mass is 755 g/mol. The molecule has 0 bridgehead atoms. The molecule has 2 aromatic heterocycles. The molecule has 0 radical (unpaired) electrons. The molecule has 3 aliphatic heterocycles. The summed E-state index contributed by atoms with van der Waals surface area (Å²) >= 11 is 0. The molecule has 4 aliphatic rings. The van der Waals surface area contributed by atoms with E-state index in [2.05, 4.69) is 45.5 Å². The average Bonchev–Trinajstić information content (AvgIpc) is 3.88. The largest absolute Gasteiger partial charge is 0.497 e. The summed E-state index contributed by atoms with van der Waals surface area (Å²) < 4.78 is 45.1. The van der Waals surface area contributed by atoms with Gasteiger partial charge in [-0.2, -0.15) is 17.8 Å². The number of methoxy groups -OCH3 is 1. The highest BCUT2D eigenvalue weighted by atomic mass is 32.2. The zero-order chi connectivity index (χ0) is 37.7. The van der Waals surface area contributed by atoms with Gasteiger partial charge in [0, 0.05) is 61.3 Å². The lowest BCUT2D eigenvalue weighted by atomic mass is 9.81. The minimum Gasteiger partial charge on any atom is -0.497 e. The van der Waals surface area contributed by atoms with E-state index in [-0.39, 0.29) is 37.8 Å². The van der Waals surface area contributed by atoms with Crippen LogP contribution in [0.1, 0.15) is 82.0 Å². The number of hydrogen-bond acceptors (Lipinski definition) is 8. The number of likely N-dealkylation sites (N-methyl/N-ethyl adjacent to an activating group) is 1. The fraction of sp³-hybridized carbons (Fsp3) is 0.475. The van der Waals surface area contributed by atoms with Gasteiger partial charge in [-0.15, -0.1) is 0 Å². The molecule has 4 aromatic rings. The normalized spacial score (nSPS) is 19.8. The highest BCUT2D eigenvalue weighted by Crippen LogP contribution is 2.48. The van der Waals surface area contributed by atoms with E-state index in [9.17, 15) is 18.0 Å². The number of amides is 2. The molecule has 2 aromatic carbocycles. The first-order valence-corrected chi connectivity index (χ1v) is 20.4. The molecule has 1 atom stereocenters. The second-order valence-corrected chi connectivity index (χ2v) is 16.8. The number of rotatable bonds is 8. The van der Waals surface area contributed by atoms with Crippen LogP contribution in [0.15, 0.2) is 42.6 Å². The molecule has 14 heteroatoms. The Morgan fingerprint density at radius 2 is 1.76 bits per heavy atom. The van der Waals surface area contributed by atoms with Gasteiger partial charge in [-0.3, -0.25) is 14.3 Å². The molecule has 5 heterocycles. The predicted molar refractivity (Wildman–Crippen MR) is 208 cm³/mol. The Kier molecular flexibility index (Phi) is 9.88. The van der Waals surface area contributed by atoms with E-state index in [4.69, 9.17) is 9.47 Å². The maximum Gasteiger partial charge on any atom is 0.304 e. The van der Waals surface area contributed by atoms with Gasteiger partial charge in [0.1, 0.15) is 5.75 Å². The van der Waals surface area contributed by atoms with Crippen molar-refractivity contribution in [2.45, 2.75) is 57.0 Å². The van der Waals surface area contributed by atoms with Crippen molar-refractivity contribution < 1.29 is 27.5 Å². The van der Waals surface area contributed by atoms with Crippen LogP contribution in [0.2, 0.25) is 0 Å². The van der Waals surface area contributed by atoms with Gasteiger partial charge in [0.2, 0.25) is 0 Å². The highest BCUT2D eigenvalue weighted by molar-refractivity contribution is 7.87. The van der Waals surface area contributed by atoms with Crippen molar-refractivity contribution in [1.82, 2.24) is 33.2 Å². The van der Waals surface area contributed by atoms with E-state index in [1.807, 2.05) is 36.2 Å². The van der Waals surface area contributed by atoms with E-state index < -0.39 is 16.1 Å². The maximum atomic E-state index is 14.2. The number of benzene rings is 2. The molecule has 1 N–H and O–H groups in total. The second-order valence-electron chi connectivity index (χ2n) is 15.2. The number of aryl methyl sites for hydroxylation is 1. The number of nitrogens with one attached hydrogen (secondary N) is 1. The van der Waals surface area contributed by atoms with Crippen molar-refractivity contribution in [1.29, 1.82) is 0 Å². The van der Waals surface area contributed by atoms with Crippen LogP contribution in [-0.2, 0) is 28.5 Å². The molecule has 8 rings (SSSR count). The molecule has 3 fully saturated rings. The second kappa shape index (κ2) is 14.6. The van der Waals surface area contributed by atoms with Crippen LogP contribution in [0.4, 0.5) is 0 Å². The molecule has 13 nitrogen and oxygen atoms in total. The van der Waals surface area contributed by atoms with Gasteiger partial charge in [0.15, 0.2) is 0 Å². The molecular weight excluding hydrogens is 707 g/mol. The fourth-order valence-corrected chi connectivity index (χ4v) is 9.96. The SMILES string of the molecule is COc1ccc2c(c1)C=C(c1c(C(=O)N3CCC(N(C)C)C3)cnn1C)Cn1c-2c(C2CCCCC2)c2ccc(C(=O)NS(=O)(=O)N3CCOCC3)cc21.